The minimum atomic E-state index is -0.201. The molecule has 0 saturated carbocycles. The van der Waals surface area contributed by atoms with E-state index in [1.165, 1.54) is 0 Å². The summed E-state index contributed by atoms with van der Waals surface area (Å²) in [4.78, 5) is 21.2. The van der Waals surface area contributed by atoms with Gasteiger partial charge in [-0.1, -0.05) is 30.3 Å². The highest BCUT2D eigenvalue weighted by Crippen LogP contribution is 2.31. The molecule has 5 aromatic rings. The van der Waals surface area contributed by atoms with Gasteiger partial charge in [0.15, 0.2) is 17.0 Å². The summed E-state index contributed by atoms with van der Waals surface area (Å²) in [5, 5.41) is 14.9. The van der Waals surface area contributed by atoms with Crippen LogP contribution in [0.5, 0.6) is 0 Å². The number of morpholine rings is 1. The summed E-state index contributed by atoms with van der Waals surface area (Å²) >= 11 is 0. The first kappa shape index (κ1) is 22.3. The number of ether oxygens (including phenoxy) is 1. The van der Waals surface area contributed by atoms with Crippen molar-refractivity contribution in [3.63, 3.8) is 0 Å². The number of benzene rings is 1. The van der Waals surface area contributed by atoms with Crippen LogP contribution in [0.2, 0.25) is 0 Å². The first-order chi connectivity index (χ1) is 17.8. The largest absolute Gasteiger partial charge is 0.390 e. The molecule has 5 heterocycles. The van der Waals surface area contributed by atoms with Gasteiger partial charge in [-0.3, -0.25) is 4.98 Å². The third-order valence-corrected chi connectivity index (χ3v) is 6.42. The van der Waals surface area contributed by atoms with Crippen LogP contribution in [0.25, 0.3) is 39.6 Å². The van der Waals surface area contributed by atoms with Crippen LogP contribution in [0, 0.1) is 0 Å². The maximum Gasteiger partial charge on any atom is 0.255 e. The van der Waals surface area contributed by atoms with E-state index in [2.05, 4.69) is 26.5 Å². The Bertz CT molecular complexity index is 1490. The van der Waals surface area contributed by atoms with Gasteiger partial charge in [0.25, 0.3) is 5.95 Å². The predicted octanol–water partition coefficient (Wildman–Crippen LogP) is 3.09. The van der Waals surface area contributed by atoms with Gasteiger partial charge in [-0.05, 0) is 24.6 Å². The van der Waals surface area contributed by atoms with Gasteiger partial charge in [-0.15, -0.1) is 0 Å². The maximum atomic E-state index is 10.3. The van der Waals surface area contributed by atoms with Crippen LogP contribution in [0.4, 0.5) is 5.82 Å². The molecular formula is C26H26N8O2. The summed E-state index contributed by atoms with van der Waals surface area (Å²) < 4.78 is 9.30. The van der Waals surface area contributed by atoms with Gasteiger partial charge in [0.05, 0.1) is 31.7 Å². The lowest BCUT2D eigenvalue weighted by molar-refractivity contribution is 0.122. The smallest absolute Gasteiger partial charge is 0.255 e. The summed E-state index contributed by atoms with van der Waals surface area (Å²) in [5.74, 6) is 1.94. The summed E-state index contributed by atoms with van der Waals surface area (Å²) in [5.41, 5.74) is 4.86. The van der Waals surface area contributed by atoms with Gasteiger partial charge in [0, 0.05) is 43.2 Å². The summed E-state index contributed by atoms with van der Waals surface area (Å²) in [6, 6.07) is 13.8. The van der Waals surface area contributed by atoms with Crippen LogP contribution in [-0.2, 0) is 17.9 Å². The molecule has 0 amide bonds. The number of imidazole rings is 1. The molecule has 10 nitrogen and oxygen atoms in total. The molecule has 1 saturated heterocycles. The van der Waals surface area contributed by atoms with Gasteiger partial charge < -0.3 is 19.3 Å². The van der Waals surface area contributed by atoms with Crippen molar-refractivity contribution in [1.29, 1.82) is 0 Å². The number of hydrogen-bond acceptors (Lipinski definition) is 8. The predicted molar refractivity (Wildman–Crippen MR) is 136 cm³/mol. The van der Waals surface area contributed by atoms with Crippen molar-refractivity contribution in [2.75, 3.05) is 31.2 Å². The summed E-state index contributed by atoms with van der Waals surface area (Å²) in [6.45, 7) is 5.19. The number of anilines is 1. The maximum absolute atomic E-state index is 10.3. The lowest BCUT2D eigenvalue weighted by atomic mass is 10.1. The van der Waals surface area contributed by atoms with E-state index in [1.807, 2.05) is 42.5 Å². The molecular weight excluding hydrogens is 456 g/mol. The van der Waals surface area contributed by atoms with Gasteiger partial charge >= 0.3 is 0 Å². The van der Waals surface area contributed by atoms with Crippen molar-refractivity contribution in [3.05, 3.63) is 66.7 Å². The lowest BCUT2D eigenvalue weighted by Gasteiger charge is -2.28. The Morgan fingerprint density at radius 2 is 1.72 bits per heavy atom. The normalized spacial score (nSPS) is 14.0. The van der Waals surface area contributed by atoms with Gasteiger partial charge in [0.1, 0.15) is 5.82 Å². The van der Waals surface area contributed by atoms with E-state index in [4.69, 9.17) is 19.7 Å². The van der Waals surface area contributed by atoms with E-state index < -0.39 is 0 Å². The van der Waals surface area contributed by atoms with E-state index in [1.54, 1.807) is 23.3 Å². The molecule has 0 atom stereocenters. The zero-order valence-electron chi connectivity index (χ0n) is 19.9. The quantitative estimate of drug-likeness (QED) is 0.394. The van der Waals surface area contributed by atoms with Crippen molar-refractivity contribution < 1.29 is 9.84 Å². The molecule has 0 aliphatic carbocycles. The average Bonchev–Trinajstić information content (AvgIpc) is 3.55. The van der Waals surface area contributed by atoms with Gasteiger partial charge in [-0.25, -0.2) is 4.98 Å². The van der Waals surface area contributed by atoms with Crippen LogP contribution in [0.3, 0.4) is 0 Å². The van der Waals surface area contributed by atoms with Crippen LogP contribution in [0.1, 0.15) is 12.6 Å². The Kier molecular flexibility index (Phi) is 5.88. The average molecular weight is 483 g/mol. The lowest BCUT2D eigenvalue weighted by Crippen LogP contribution is -2.37. The second-order valence-electron chi connectivity index (χ2n) is 8.48. The van der Waals surface area contributed by atoms with Crippen LogP contribution in [-0.4, -0.2) is 65.7 Å². The number of aliphatic hydroxyl groups is 1. The third kappa shape index (κ3) is 3.80. The fourth-order valence-corrected chi connectivity index (χ4v) is 4.64. The molecule has 0 bridgehead atoms. The molecule has 36 heavy (non-hydrogen) atoms. The van der Waals surface area contributed by atoms with Crippen molar-refractivity contribution in [3.8, 4) is 28.5 Å². The Balaban J connectivity index is 1.58. The molecule has 10 heteroatoms. The van der Waals surface area contributed by atoms with Crippen molar-refractivity contribution in [2.24, 2.45) is 0 Å². The van der Waals surface area contributed by atoms with Gasteiger partial charge in [-0.2, -0.15) is 19.7 Å². The molecule has 182 valence electrons. The highest BCUT2D eigenvalue weighted by Gasteiger charge is 2.25. The molecule has 0 unspecified atom stereocenters. The minimum absolute atomic E-state index is 0.201. The van der Waals surface area contributed by atoms with E-state index in [-0.39, 0.29) is 6.61 Å². The molecule has 4 aromatic heterocycles. The minimum Gasteiger partial charge on any atom is -0.390 e. The number of aryl methyl sites for hydroxylation is 1. The molecule has 0 spiro atoms. The first-order valence-electron chi connectivity index (χ1n) is 12.0. The number of nitrogens with zero attached hydrogens (tertiary/aromatic N) is 8. The zero-order valence-corrected chi connectivity index (χ0v) is 19.9. The Labute approximate surface area is 207 Å². The standard InChI is InChI=1S/C26H26N8O2/c1-2-33-23(19-8-10-27-11-9-19)29-22-24(32-12-14-36-15-13-32)30-26(31-25(22)33)34-21(17-35)20(16-28-34)18-6-4-3-5-7-18/h3-11,16,35H,2,12-15,17H2,1H3. The number of fused-ring (bicyclic) bond motifs is 1. The fraction of sp³-hybridized carbons (Fsp3) is 0.269. The van der Waals surface area contributed by atoms with E-state index in [0.717, 1.165) is 39.5 Å². The van der Waals surface area contributed by atoms with E-state index in [9.17, 15) is 5.11 Å². The number of pyridine rings is 1. The summed E-state index contributed by atoms with van der Waals surface area (Å²) in [6.07, 6.45) is 5.27. The SMILES string of the molecule is CCn1c(-c2ccncc2)nc2c(N3CCOCC3)nc(-n3ncc(-c4ccccc4)c3CO)nc21. The number of aromatic nitrogens is 7. The van der Waals surface area contributed by atoms with Crippen molar-refractivity contribution in [2.45, 2.75) is 20.1 Å². The zero-order chi connectivity index (χ0) is 24.5. The third-order valence-electron chi connectivity index (χ3n) is 6.42. The Hall–Kier alpha value is -4.15. The molecule has 6 rings (SSSR count). The Morgan fingerprint density at radius 1 is 0.944 bits per heavy atom. The molecule has 1 aliphatic rings. The van der Waals surface area contributed by atoms with E-state index in [0.29, 0.717) is 44.5 Å². The van der Waals surface area contributed by atoms with Gasteiger partial charge in [0.2, 0.25) is 0 Å². The molecule has 0 radical (unpaired) electrons. The first-order valence-corrected chi connectivity index (χ1v) is 12.0. The highest BCUT2D eigenvalue weighted by atomic mass is 16.5. The van der Waals surface area contributed by atoms with Crippen molar-refractivity contribution in [1.82, 2.24) is 34.3 Å². The number of rotatable bonds is 6. The molecule has 1 fully saturated rings. The Morgan fingerprint density at radius 3 is 2.44 bits per heavy atom. The number of aliphatic hydroxyl groups excluding tert-OH is 1. The summed E-state index contributed by atoms with van der Waals surface area (Å²) in [7, 11) is 0. The topological polar surface area (TPSA) is 107 Å². The second kappa shape index (κ2) is 9.48. The van der Waals surface area contributed by atoms with Crippen LogP contribution < -0.4 is 4.90 Å². The van der Waals surface area contributed by atoms with E-state index >= 15 is 0 Å². The van der Waals surface area contributed by atoms with Crippen LogP contribution >= 0.6 is 0 Å². The number of hydrogen-bond donors (Lipinski definition) is 1. The monoisotopic (exact) mass is 482 g/mol. The highest BCUT2D eigenvalue weighted by molar-refractivity contribution is 5.88. The molecule has 1 aliphatic heterocycles. The second-order valence-corrected chi connectivity index (χ2v) is 8.48. The van der Waals surface area contributed by atoms with Crippen LogP contribution in [0.15, 0.2) is 61.1 Å². The van der Waals surface area contributed by atoms with Crippen molar-refractivity contribution >= 4 is 17.0 Å². The molecule has 1 aromatic carbocycles. The molecule has 1 N–H and O–H groups in total. The fourth-order valence-electron chi connectivity index (χ4n) is 4.64.